The van der Waals surface area contributed by atoms with Gasteiger partial charge < -0.3 is 0 Å². The van der Waals surface area contributed by atoms with E-state index in [1.807, 2.05) is 0 Å². The maximum atomic E-state index is 13.1. The van der Waals surface area contributed by atoms with Crippen molar-refractivity contribution in [1.29, 1.82) is 0 Å². The molecular weight excluding hydrogens is 360 g/mol. The lowest BCUT2D eigenvalue weighted by atomic mass is 10.0. The molecule has 0 atom stereocenters. The number of hydrogen-bond acceptors (Lipinski definition) is 2. The second-order valence-electron chi connectivity index (χ2n) is 3.98. The van der Waals surface area contributed by atoms with Crippen LogP contribution < -0.4 is 0 Å². The van der Waals surface area contributed by atoms with E-state index in [2.05, 4.69) is 15.9 Å². The van der Waals surface area contributed by atoms with Gasteiger partial charge in [0.25, 0.3) is 0 Å². The predicted molar refractivity (Wildman–Crippen MR) is 71.5 cm³/mol. The number of carbonyl (C=O) groups is 1. The molecule has 0 saturated carbocycles. The van der Waals surface area contributed by atoms with Crippen molar-refractivity contribution in [3.8, 4) is 0 Å². The van der Waals surface area contributed by atoms with Gasteiger partial charge in [0.05, 0.1) is 5.56 Å². The Balaban J connectivity index is 2.39. The number of alkyl halides is 3. The SMILES string of the molecule is O=C(Cc1sccc1Br)c1cc(F)ccc1C(F)(F)F. The molecule has 0 saturated heterocycles. The van der Waals surface area contributed by atoms with Crippen LogP contribution in [0.5, 0.6) is 0 Å². The lowest BCUT2D eigenvalue weighted by Gasteiger charge is -2.11. The third kappa shape index (κ3) is 3.27. The number of halogens is 5. The molecule has 7 heteroatoms. The van der Waals surface area contributed by atoms with E-state index in [1.54, 1.807) is 11.4 Å². The highest BCUT2D eigenvalue weighted by atomic mass is 79.9. The van der Waals surface area contributed by atoms with E-state index in [0.29, 0.717) is 27.5 Å². The van der Waals surface area contributed by atoms with Crippen LogP contribution in [0.25, 0.3) is 0 Å². The standard InChI is InChI=1S/C13H7BrF4OS/c14-10-3-4-20-12(10)6-11(19)8-5-7(15)1-2-9(8)13(16,17)18/h1-5H,6H2. The fourth-order valence-corrected chi connectivity index (χ4v) is 3.18. The smallest absolute Gasteiger partial charge is 0.294 e. The van der Waals surface area contributed by atoms with Gasteiger partial charge in [0.1, 0.15) is 5.82 Å². The molecule has 0 fully saturated rings. The summed E-state index contributed by atoms with van der Waals surface area (Å²) in [5.74, 6) is -1.63. The van der Waals surface area contributed by atoms with Crippen LogP contribution in [-0.2, 0) is 12.6 Å². The van der Waals surface area contributed by atoms with Gasteiger partial charge in [-0.25, -0.2) is 4.39 Å². The average Bonchev–Trinajstić information content (AvgIpc) is 2.73. The van der Waals surface area contributed by atoms with Gasteiger partial charge >= 0.3 is 6.18 Å². The molecule has 0 aliphatic heterocycles. The van der Waals surface area contributed by atoms with Crippen LogP contribution in [0.15, 0.2) is 34.1 Å². The Hall–Kier alpha value is -1.21. The van der Waals surface area contributed by atoms with Crippen LogP contribution in [0.3, 0.4) is 0 Å². The first kappa shape index (κ1) is 15.2. The van der Waals surface area contributed by atoms with Gasteiger partial charge in [-0.15, -0.1) is 11.3 Å². The molecule has 106 valence electrons. The van der Waals surface area contributed by atoms with Crippen molar-refractivity contribution in [1.82, 2.24) is 0 Å². The third-order valence-electron chi connectivity index (χ3n) is 2.60. The van der Waals surface area contributed by atoms with Gasteiger partial charge in [-0.1, -0.05) is 0 Å². The predicted octanol–water partition coefficient (Wildman–Crippen LogP) is 5.09. The molecule has 20 heavy (non-hydrogen) atoms. The normalized spacial score (nSPS) is 11.7. The molecule has 0 N–H and O–H groups in total. The Labute approximate surface area is 124 Å². The first-order valence-electron chi connectivity index (χ1n) is 5.41. The van der Waals surface area contributed by atoms with E-state index in [4.69, 9.17) is 0 Å². The minimum atomic E-state index is -4.69. The Morgan fingerprint density at radius 3 is 2.50 bits per heavy atom. The molecule has 0 spiro atoms. The lowest BCUT2D eigenvalue weighted by molar-refractivity contribution is -0.137. The van der Waals surface area contributed by atoms with E-state index in [-0.39, 0.29) is 6.42 Å². The zero-order valence-electron chi connectivity index (χ0n) is 9.80. The van der Waals surface area contributed by atoms with Gasteiger partial charge in [0.2, 0.25) is 0 Å². The third-order valence-corrected chi connectivity index (χ3v) is 4.53. The summed E-state index contributed by atoms with van der Waals surface area (Å²) >= 11 is 4.45. The van der Waals surface area contributed by atoms with Crippen molar-refractivity contribution in [3.05, 3.63) is 55.9 Å². The topological polar surface area (TPSA) is 17.1 Å². The van der Waals surface area contributed by atoms with Crippen LogP contribution in [-0.4, -0.2) is 5.78 Å². The van der Waals surface area contributed by atoms with Crippen molar-refractivity contribution in [2.24, 2.45) is 0 Å². The molecule has 1 nitrogen and oxygen atoms in total. The molecule has 1 aromatic carbocycles. The first-order chi connectivity index (χ1) is 9.29. The molecule has 2 aromatic rings. The monoisotopic (exact) mass is 366 g/mol. The van der Waals surface area contributed by atoms with Crippen molar-refractivity contribution >= 4 is 33.0 Å². The number of rotatable bonds is 3. The van der Waals surface area contributed by atoms with Gasteiger partial charge in [0, 0.05) is 21.3 Å². The number of ketones is 1. The highest BCUT2D eigenvalue weighted by Crippen LogP contribution is 2.33. The summed E-state index contributed by atoms with van der Waals surface area (Å²) in [5, 5.41) is 1.71. The van der Waals surface area contributed by atoms with Gasteiger partial charge in [0.15, 0.2) is 5.78 Å². The van der Waals surface area contributed by atoms with Gasteiger partial charge in [-0.3, -0.25) is 4.79 Å². The number of Topliss-reactive ketones (excluding diaryl/α,β-unsaturated/α-hetero) is 1. The highest BCUT2D eigenvalue weighted by molar-refractivity contribution is 9.10. The second-order valence-corrected chi connectivity index (χ2v) is 5.83. The van der Waals surface area contributed by atoms with Crippen molar-refractivity contribution in [2.45, 2.75) is 12.6 Å². The minimum absolute atomic E-state index is 0.204. The van der Waals surface area contributed by atoms with E-state index in [0.717, 1.165) is 0 Å². The molecule has 0 radical (unpaired) electrons. The number of benzene rings is 1. The van der Waals surface area contributed by atoms with Crippen molar-refractivity contribution < 1.29 is 22.4 Å². The Morgan fingerprint density at radius 1 is 1.25 bits per heavy atom. The Morgan fingerprint density at radius 2 is 1.95 bits per heavy atom. The summed E-state index contributed by atoms with van der Waals surface area (Å²) in [6.45, 7) is 0. The van der Waals surface area contributed by atoms with Gasteiger partial charge in [-0.05, 0) is 45.6 Å². The van der Waals surface area contributed by atoms with E-state index >= 15 is 0 Å². The molecule has 1 aromatic heterocycles. The van der Waals surface area contributed by atoms with E-state index < -0.39 is 28.9 Å². The second kappa shape index (κ2) is 5.65. The summed E-state index contributed by atoms with van der Waals surface area (Å²) in [7, 11) is 0. The van der Waals surface area contributed by atoms with Gasteiger partial charge in [-0.2, -0.15) is 13.2 Å². The molecule has 0 aliphatic rings. The largest absolute Gasteiger partial charge is 0.417 e. The fraction of sp³-hybridized carbons (Fsp3) is 0.154. The Kier molecular flexibility index (Phi) is 4.29. The van der Waals surface area contributed by atoms with Crippen LogP contribution >= 0.6 is 27.3 Å². The molecule has 1 heterocycles. The zero-order valence-corrected chi connectivity index (χ0v) is 12.2. The Bertz CT molecular complexity index is 648. The fourth-order valence-electron chi connectivity index (χ4n) is 1.69. The van der Waals surface area contributed by atoms with Crippen LogP contribution in [0.1, 0.15) is 20.8 Å². The summed E-state index contributed by atoms with van der Waals surface area (Å²) in [6, 6.07) is 3.61. The van der Waals surface area contributed by atoms with Crippen molar-refractivity contribution in [2.75, 3.05) is 0 Å². The van der Waals surface area contributed by atoms with E-state index in [1.165, 1.54) is 11.3 Å². The maximum Gasteiger partial charge on any atom is 0.417 e. The summed E-state index contributed by atoms with van der Waals surface area (Å²) in [6.07, 6.45) is -4.89. The number of carbonyl (C=O) groups excluding carboxylic acids is 1. The first-order valence-corrected chi connectivity index (χ1v) is 7.08. The van der Waals surface area contributed by atoms with Crippen LogP contribution in [0, 0.1) is 5.82 Å². The summed E-state index contributed by atoms with van der Waals surface area (Å²) in [4.78, 5) is 12.6. The number of hydrogen-bond donors (Lipinski definition) is 0. The average molecular weight is 367 g/mol. The molecule has 2 rings (SSSR count). The molecule has 0 amide bonds. The van der Waals surface area contributed by atoms with E-state index in [9.17, 15) is 22.4 Å². The number of thiophene rings is 1. The molecule has 0 aliphatic carbocycles. The van der Waals surface area contributed by atoms with Crippen LogP contribution in [0.4, 0.5) is 17.6 Å². The molecular formula is C13H7BrF4OS. The van der Waals surface area contributed by atoms with Crippen LogP contribution in [0.2, 0.25) is 0 Å². The maximum absolute atomic E-state index is 13.1. The zero-order chi connectivity index (χ0) is 14.9. The highest BCUT2D eigenvalue weighted by Gasteiger charge is 2.35. The molecule has 0 unspecified atom stereocenters. The minimum Gasteiger partial charge on any atom is -0.294 e. The summed E-state index contributed by atoms with van der Waals surface area (Å²) < 4.78 is 52.2. The molecule has 0 bridgehead atoms. The van der Waals surface area contributed by atoms with Crippen molar-refractivity contribution in [3.63, 3.8) is 0 Å². The lowest BCUT2D eigenvalue weighted by Crippen LogP contribution is -2.14. The quantitative estimate of drug-likeness (QED) is 0.545. The summed E-state index contributed by atoms with van der Waals surface area (Å²) in [5.41, 5.74) is -1.76.